The maximum atomic E-state index is 13.2. The number of hydrogen-bond donors (Lipinski definition) is 1. The summed E-state index contributed by atoms with van der Waals surface area (Å²) in [7, 11) is 0. The van der Waals surface area contributed by atoms with Crippen molar-refractivity contribution < 1.29 is 9.59 Å². The van der Waals surface area contributed by atoms with Crippen LogP contribution in [0.1, 0.15) is 45.1 Å². The summed E-state index contributed by atoms with van der Waals surface area (Å²) in [6.07, 6.45) is 2.85. The Hall–Kier alpha value is -1.98. The lowest BCUT2D eigenvalue weighted by atomic mass is 10.1. The Morgan fingerprint density at radius 1 is 1.07 bits per heavy atom. The van der Waals surface area contributed by atoms with Gasteiger partial charge in [0.2, 0.25) is 11.8 Å². The maximum Gasteiger partial charge on any atom is 0.242 e. The Balaban J connectivity index is 2.11. The average Bonchev–Trinajstić information content (AvgIpc) is 2.75. The summed E-state index contributed by atoms with van der Waals surface area (Å²) in [5.74, 6) is 0.536. The summed E-state index contributed by atoms with van der Waals surface area (Å²) in [5, 5.41) is 3.59. The standard InChI is InChI=1S/C24H31ClN2O2S/c1-3-5-16-26-24(29)22(4-2)27(18-19-11-9-10-14-21(19)25)23(28)15-17-30-20-12-7-6-8-13-20/h6-14,22H,3-5,15-18H2,1-2H3,(H,26,29)/t22-/m0/s1. The van der Waals surface area contributed by atoms with E-state index in [9.17, 15) is 9.59 Å². The van der Waals surface area contributed by atoms with E-state index in [-0.39, 0.29) is 11.8 Å². The second-order valence-corrected chi connectivity index (χ2v) is 8.67. The molecule has 2 rings (SSSR count). The van der Waals surface area contributed by atoms with Crippen LogP contribution in [0.25, 0.3) is 0 Å². The number of thioether (sulfide) groups is 1. The minimum Gasteiger partial charge on any atom is -0.354 e. The predicted octanol–water partition coefficient (Wildman–Crippen LogP) is 5.55. The van der Waals surface area contributed by atoms with Crippen molar-refractivity contribution in [3.05, 3.63) is 65.2 Å². The van der Waals surface area contributed by atoms with E-state index >= 15 is 0 Å². The van der Waals surface area contributed by atoms with Gasteiger partial charge in [0.05, 0.1) is 0 Å². The zero-order valence-corrected chi connectivity index (χ0v) is 19.3. The zero-order chi connectivity index (χ0) is 21.8. The Morgan fingerprint density at radius 3 is 2.43 bits per heavy atom. The van der Waals surface area contributed by atoms with Gasteiger partial charge >= 0.3 is 0 Å². The quantitative estimate of drug-likeness (QED) is 0.343. The van der Waals surface area contributed by atoms with Crippen molar-refractivity contribution in [3.8, 4) is 0 Å². The summed E-state index contributed by atoms with van der Waals surface area (Å²) in [6, 6.07) is 17.0. The highest BCUT2D eigenvalue weighted by molar-refractivity contribution is 7.99. The van der Waals surface area contributed by atoms with Crippen molar-refractivity contribution in [2.24, 2.45) is 0 Å². The molecule has 0 heterocycles. The molecular weight excluding hydrogens is 416 g/mol. The lowest BCUT2D eigenvalue weighted by Crippen LogP contribution is -2.49. The number of hydrogen-bond acceptors (Lipinski definition) is 3. The van der Waals surface area contributed by atoms with Crippen molar-refractivity contribution in [3.63, 3.8) is 0 Å². The number of nitrogens with zero attached hydrogens (tertiary/aromatic N) is 1. The van der Waals surface area contributed by atoms with E-state index in [1.165, 1.54) is 0 Å². The minimum absolute atomic E-state index is 0.0316. The van der Waals surface area contributed by atoms with Gasteiger partial charge in [-0.05, 0) is 36.6 Å². The van der Waals surface area contributed by atoms with Gasteiger partial charge in [-0.3, -0.25) is 9.59 Å². The van der Waals surface area contributed by atoms with Gasteiger partial charge in [0.1, 0.15) is 6.04 Å². The van der Waals surface area contributed by atoms with Gasteiger partial charge in [-0.2, -0.15) is 0 Å². The smallest absolute Gasteiger partial charge is 0.242 e. The SMILES string of the molecule is CCCCNC(=O)[C@H](CC)N(Cc1ccccc1Cl)C(=O)CCSc1ccccc1. The van der Waals surface area contributed by atoms with Gasteiger partial charge in [-0.25, -0.2) is 0 Å². The first-order valence-electron chi connectivity index (χ1n) is 10.5. The van der Waals surface area contributed by atoms with Gasteiger partial charge in [-0.1, -0.05) is 68.3 Å². The second kappa shape index (κ2) is 13.3. The Morgan fingerprint density at radius 2 is 1.77 bits per heavy atom. The molecule has 0 radical (unpaired) electrons. The third kappa shape index (κ3) is 7.69. The molecule has 2 aromatic carbocycles. The number of benzene rings is 2. The van der Waals surface area contributed by atoms with Crippen molar-refractivity contribution in [1.82, 2.24) is 10.2 Å². The molecule has 0 saturated heterocycles. The number of amides is 2. The lowest BCUT2D eigenvalue weighted by molar-refractivity contribution is -0.141. The van der Waals surface area contributed by atoms with Crippen LogP contribution in [0.15, 0.2) is 59.5 Å². The third-order valence-electron chi connectivity index (χ3n) is 4.84. The lowest BCUT2D eigenvalue weighted by Gasteiger charge is -2.31. The molecule has 0 aliphatic carbocycles. The fourth-order valence-corrected chi connectivity index (χ4v) is 4.21. The van der Waals surface area contributed by atoms with Crippen LogP contribution in [-0.4, -0.2) is 35.1 Å². The molecule has 0 fully saturated rings. The van der Waals surface area contributed by atoms with E-state index in [1.807, 2.05) is 61.5 Å². The van der Waals surface area contributed by atoms with Crippen LogP contribution in [0.3, 0.4) is 0 Å². The van der Waals surface area contributed by atoms with E-state index in [1.54, 1.807) is 16.7 Å². The van der Waals surface area contributed by atoms with Crippen molar-refractivity contribution >= 4 is 35.2 Å². The second-order valence-electron chi connectivity index (χ2n) is 7.09. The molecule has 0 saturated carbocycles. The molecule has 30 heavy (non-hydrogen) atoms. The zero-order valence-electron chi connectivity index (χ0n) is 17.8. The first-order chi connectivity index (χ1) is 14.6. The monoisotopic (exact) mass is 446 g/mol. The van der Waals surface area contributed by atoms with Gasteiger partial charge in [-0.15, -0.1) is 11.8 Å². The molecule has 0 aliphatic rings. The van der Waals surface area contributed by atoms with E-state index in [0.29, 0.717) is 36.7 Å². The molecule has 0 bridgehead atoms. The molecule has 4 nitrogen and oxygen atoms in total. The molecule has 162 valence electrons. The number of rotatable bonds is 12. The summed E-state index contributed by atoms with van der Waals surface area (Å²) in [4.78, 5) is 28.8. The van der Waals surface area contributed by atoms with E-state index in [4.69, 9.17) is 11.6 Å². The van der Waals surface area contributed by atoms with Crippen LogP contribution in [0.4, 0.5) is 0 Å². The normalized spacial score (nSPS) is 11.7. The first kappa shape index (κ1) is 24.3. The van der Waals surface area contributed by atoms with Gasteiger partial charge in [0.25, 0.3) is 0 Å². The highest BCUT2D eigenvalue weighted by Crippen LogP contribution is 2.22. The molecule has 2 amide bonds. The molecule has 1 atom stereocenters. The highest BCUT2D eigenvalue weighted by atomic mass is 35.5. The number of nitrogens with one attached hydrogen (secondary N) is 1. The number of carbonyl (C=O) groups excluding carboxylic acids is 2. The molecule has 1 N–H and O–H groups in total. The fraction of sp³-hybridized carbons (Fsp3) is 0.417. The van der Waals surface area contributed by atoms with Crippen LogP contribution in [0, 0.1) is 0 Å². The average molecular weight is 447 g/mol. The van der Waals surface area contributed by atoms with E-state index < -0.39 is 6.04 Å². The summed E-state index contributed by atoms with van der Waals surface area (Å²) in [6.45, 7) is 4.98. The molecule has 2 aromatic rings. The number of unbranched alkanes of at least 4 members (excludes halogenated alkanes) is 1. The topological polar surface area (TPSA) is 49.4 Å². The Kier molecular flexibility index (Phi) is 10.8. The van der Waals surface area contributed by atoms with Crippen molar-refractivity contribution in [1.29, 1.82) is 0 Å². The van der Waals surface area contributed by atoms with Crippen LogP contribution in [0.2, 0.25) is 5.02 Å². The molecular formula is C24H31ClN2O2S. The first-order valence-corrected chi connectivity index (χ1v) is 11.9. The molecule has 0 unspecified atom stereocenters. The van der Waals surface area contributed by atoms with Crippen LogP contribution >= 0.6 is 23.4 Å². The molecule has 0 aromatic heterocycles. The fourth-order valence-electron chi connectivity index (χ4n) is 3.15. The van der Waals surface area contributed by atoms with Crippen LogP contribution < -0.4 is 5.32 Å². The van der Waals surface area contributed by atoms with Crippen LogP contribution in [-0.2, 0) is 16.1 Å². The van der Waals surface area contributed by atoms with E-state index in [2.05, 4.69) is 12.2 Å². The summed E-state index contributed by atoms with van der Waals surface area (Å²) in [5.41, 5.74) is 0.850. The predicted molar refractivity (Wildman–Crippen MR) is 126 cm³/mol. The maximum absolute atomic E-state index is 13.2. The Bertz CT molecular complexity index is 801. The molecule has 0 spiro atoms. The van der Waals surface area contributed by atoms with Gasteiger partial charge in [0, 0.05) is 35.2 Å². The van der Waals surface area contributed by atoms with Crippen molar-refractivity contribution in [2.75, 3.05) is 12.3 Å². The summed E-state index contributed by atoms with van der Waals surface area (Å²) < 4.78 is 0. The van der Waals surface area contributed by atoms with Gasteiger partial charge in [0.15, 0.2) is 0 Å². The molecule has 0 aliphatic heterocycles. The third-order valence-corrected chi connectivity index (χ3v) is 6.22. The van der Waals surface area contributed by atoms with Crippen molar-refractivity contribution in [2.45, 2.75) is 57.0 Å². The van der Waals surface area contributed by atoms with E-state index in [0.717, 1.165) is 23.3 Å². The minimum atomic E-state index is -0.507. The van der Waals surface area contributed by atoms with Crippen LogP contribution in [0.5, 0.6) is 0 Å². The summed E-state index contributed by atoms with van der Waals surface area (Å²) >= 11 is 7.99. The highest BCUT2D eigenvalue weighted by Gasteiger charge is 2.28. The Labute approximate surface area is 189 Å². The number of carbonyl (C=O) groups is 2. The van der Waals surface area contributed by atoms with Gasteiger partial charge < -0.3 is 10.2 Å². The largest absolute Gasteiger partial charge is 0.354 e. The molecule has 6 heteroatoms. The number of halogens is 1.